The zero-order valence-corrected chi connectivity index (χ0v) is 13.9. The van der Waals surface area contributed by atoms with Gasteiger partial charge in [-0.25, -0.2) is 0 Å². The molecule has 1 rings (SSSR count). The number of carbonyl (C=O) groups is 2. The van der Waals surface area contributed by atoms with Crippen molar-refractivity contribution in [1.29, 1.82) is 0 Å². The van der Waals surface area contributed by atoms with Crippen molar-refractivity contribution < 1.29 is 9.59 Å². The van der Waals surface area contributed by atoms with Crippen LogP contribution in [-0.4, -0.2) is 24.4 Å². The summed E-state index contributed by atoms with van der Waals surface area (Å²) in [5.74, 6) is -1.13. The van der Waals surface area contributed by atoms with E-state index in [1.54, 1.807) is 19.2 Å². The van der Waals surface area contributed by atoms with E-state index in [1.807, 2.05) is 32.0 Å². The second kappa shape index (κ2) is 6.29. The van der Waals surface area contributed by atoms with Gasteiger partial charge in [-0.3, -0.25) is 9.59 Å². The summed E-state index contributed by atoms with van der Waals surface area (Å²) < 4.78 is 0. The van der Waals surface area contributed by atoms with Gasteiger partial charge in [0.05, 0.1) is 0 Å². The summed E-state index contributed by atoms with van der Waals surface area (Å²) in [4.78, 5) is 25.7. The zero-order chi connectivity index (χ0) is 16.3. The zero-order valence-electron chi connectivity index (χ0n) is 13.9. The van der Waals surface area contributed by atoms with E-state index in [9.17, 15) is 9.59 Å². The van der Waals surface area contributed by atoms with Crippen molar-refractivity contribution in [1.82, 2.24) is 5.32 Å². The number of benzene rings is 1. The molecule has 0 saturated carbocycles. The van der Waals surface area contributed by atoms with E-state index in [1.165, 1.54) is 4.90 Å². The van der Waals surface area contributed by atoms with Crippen LogP contribution in [0.25, 0.3) is 0 Å². The van der Waals surface area contributed by atoms with Crippen molar-refractivity contribution in [2.24, 2.45) is 5.41 Å². The van der Waals surface area contributed by atoms with Gasteiger partial charge in [0, 0.05) is 18.3 Å². The van der Waals surface area contributed by atoms with Crippen molar-refractivity contribution in [3.63, 3.8) is 0 Å². The number of carbonyl (C=O) groups excluding carboxylic acids is 2. The molecule has 0 saturated heterocycles. The van der Waals surface area contributed by atoms with Crippen molar-refractivity contribution in [2.75, 3.05) is 11.9 Å². The Morgan fingerprint density at radius 3 is 2.05 bits per heavy atom. The largest absolute Gasteiger partial charge is 0.343 e. The molecular weight excluding hydrogens is 264 g/mol. The Hall–Kier alpha value is -1.84. The Bertz CT molecular complexity index is 501. The van der Waals surface area contributed by atoms with Crippen LogP contribution >= 0.6 is 0 Å². The van der Waals surface area contributed by atoms with E-state index in [0.29, 0.717) is 5.69 Å². The fourth-order valence-electron chi connectivity index (χ4n) is 2.65. The van der Waals surface area contributed by atoms with E-state index >= 15 is 0 Å². The lowest BCUT2D eigenvalue weighted by atomic mass is 9.82. The van der Waals surface area contributed by atoms with Crippen LogP contribution in [0.3, 0.4) is 0 Å². The first-order chi connectivity index (χ1) is 9.52. The van der Waals surface area contributed by atoms with Gasteiger partial charge in [0.1, 0.15) is 0 Å². The van der Waals surface area contributed by atoms with Gasteiger partial charge in [0.2, 0.25) is 0 Å². The summed E-state index contributed by atoms with van der Waals surface area (Å²) in [5, 5.41) is 2.83. The van der Waals surface area contributed by atoms with Crippen LogP contribution < -0.4 is 10.2 Å². The number of anilines is 1. The van der Waals surface area contributed by atoms with Crippen molar-refractivity contribution in [3.05, 3.63) is 30.3 Å². The number of amides is 2. The average molecular weight is 290 g/mol. The third-order valence-corrected chi connectivity index (χ3v) is 3.07. The molecule has 0 atom stereocenters. The van der Waals surface area contributed by atoms with E-state index < -0.39 is 17.4 Å². The third kappa shape index (κ3) is 5.58. The number of hydrogen-bond acceptors (Lipinski definition) is 2. The van der Waals surface area contributed by atoms with Crippen LogP contribution in [-0.2, 0) is 9.59 Å². The molecular formula is C17H26N2O2. The Morgan fingerprint density at radius 1 is 1.05 bits per heavy atom. The van der Waals surface area contributed by atoms with Crippen LogP contribution in [0.2, 0.25) is 0 Å². The summed E-state index contributed by atoms with van der Waals surface area (Å²) in [6.07, 6.45) is 0.786. The van der Waals surface area contributed by atoms with Crippen LogP contribution in [0.4, 0.5) is 5.69 Å². The van der Waals surface area contributed by atoms with Gasteiger partial charge in [-0.15, -0.1) is 0 Å². The molecule has 0 heterocycles. The fraction of sp³-hybridized carbons (Fsp3) is 0.529. The number of nitrogens with zero attached hydrogens (tertiary/aromatic N) is 1. The molecule has 1 N–H and O–H groups in total. The topological polar surface area (TPSA) is 49.4 Å². The molecule has 0 bridgehead atoms. The summed E-state index contributed by atoms with van der Waals surface area (Å²) in [5.41, 5.74) is 0.347. The van der Waals surface area contributed by atoms with Crippen LogP contribution in [0.1, 0.15) is 41.0 Å². The minimum atomic E-state index is -0.574. The van der Waals surface area contributed by atoms with Crippen molar-refractivity contribution >= 4 is 17.5 Å². The van der Waals surface area contributed by atoms with Gasteiger partial charge in [0.15, 0.2) is 0 Å². The monoisotopic (exact) mass is 290 g/mol. The Morgan fingerprint density at radius 2 is 1.57 bits per heavy atom. The molecule has 1 aromatic rings. The first kappa shape index (κ1) is 17.2. The molecule has 0 aliphatic rings. The van der Waals surface area contributed by atoms with Gasteiger partial charge in [-0.1, -0.05) is 39.0 Å². The standard InChI is InChI=1S/C17H26N2O2/c1-16(2,3)12-17(4,5)18-14(20)15(21)19(6)13-10-8-7-9-11-13/h7-11H,12H2,1-6H3,(H,18,20). The molecule has 4 nitrogen and oxygen atoms in total. The van der Waals surface area contributed by atoms with Crippen LogP contribution in [0, 0.1) is 5.41 Å². The average Bonchev–Trinajstić information content (AvgIpc) is 2.34. The summed E-state index contributed by atoms with van der Waals surface area (Å²) in [6.45, 7) is 10.2. The maximum Gasteiger partial charge on any atom is 0.316 e. The molecule has 0 aromatic heterocycles. The maximum atomic E-state index is 12.2. The third-order valence-electron chi connectivity index (χ3n) is 3.07. The lowest BCUT2D eigenvalue weighted by molar-refractivity contribution is -0.138. The highest BCUT2D eigenvalue weighted by atomic mass is 16.2. The normalized spacial score (nSPS) is 11.9. The van der Waals surface area contributed by atoms with Gasteiger partial charge in [-0.05, 0) is 37.8 Å². The second-order valence-corrected chi connectivity index (χ2v) is 7.28. The van der Waals surface area contributed by atoms with Crippen molar-refractivity contribution in [3.8, 4) is 0 Å². The Balaban J connectivity index is 2.73. The minimum Gasteiger partial charge on any atom is -0.343 e. The molecule has 0 radical (unpaired) electrons. The number of nitrogens with one attached hydrogen (secondary N) is 1. The van der Waals surface area contributed by atoms with Crippen LogP contribution in [0.5, 0.6) is 0 Å². The fourth-order valence-corrected chi connectivity index (χ4v) is 2.65. The summed E-state index contributed by atoms with van der Waals surface area (Å²) in [7, 11) is 1.61. The van der Waals surface area contributed by atoms with Gasteiger partial charge in [-0.2, -0.15) is 0 Å². The highest BCUT2D eigenvalue weighted by molar-refractivity contribution is 6.40. The molecule has 0 unspecified atom stereocenters. The smallest absolute Gasteiger partial charge is 0.316 e. The minimum absolute atomic E-state index is 0.0746. The first-order valence-corrected chi connectivity index (χ1v) is 7.17. The summed E-state index contributed by atoms with van der Waals surface area (Å²) >= 11 is 0. The van der Waals surface area contributed by atoms with E-state index in [0.717, 1.165) is 6.42 Å². The maximum absolute atomic E-state index is 12.2. The van der Waals surface area contributed by atoms with Gasteiger partial charge >= 0.3 is 11.8 Å². The number of likely N-dealkylation sites (N-methyl/N-ethyl adjacent to an activating group) is 1. The highest BCUT2D eigenvalue weighted by Crippen LogP contribution is 2.26. The Kier molecular flexibility index (Phi) is 5.15. The SMILES string of the molecule is CN(C(=O)C(=O)NC(C)(C)CC(C)(C)C)c1ccccc1. The summed E-state index contributed by atoms with van der Waals surface area (Å²) in [6, 6.07) is 9.13. The quantitative estimate of drug-likeness (QED) is 0.870. The number of rotatable bonds is 3. The molecule has 0 spiro atoms. The predicted molar refractivity (Wildman–Crippen MR) is 86.1 cm³/mol. The second-order valence-electron chi connectivity index (χ2n) is 7.28. The molecule has 21 heavy (non-hydrogen) atoms. The molecule has 4 heteroatoms. The predicted octanol–water partition coefficient (Wildman–Crippen LogP) is 2.98. The number of para-hydroxylation sites is 1. The Labute approximate surface area is 127 Å². The van der Waals surface area contributed by atoms with Crippen molar-refractivity contribution in [2.45, 2.75) is 46.6 Å². The number of hydrogen-bond donors (Lipinski definition) is 1. The van der Waals surface area contributed by atoms with Crippen LogP contribution in [0.15, 0.2) is 30.3 Å². The lowest BCUT2D eigenvalue weighted by Gasteiger charge is -2.33. The highest BCUT2D eigenvalue weighted by Gasteiger charge is 2.30. The molecule has 0 aliphatic carbocycles. The molecule has 116 valence electrons. The van der Waals surface area contributed by atoms with Gasteiger partial charge in [0.25, 0.3) is 0 Å². The molecule has 0 fully saturated rings. The van der Waals surface area contributed by atoms with E-state index in [2.05, 4.69) is 26.1 Å². The first-order valence-electron chi connectivity index (χ1n) is 7.17. The molecule has 0 aliphatic heterocycles. The lowest BCUT2D eigenvalue weighted by Crippen LogP contribution is -2.51. The molecule has 1 aromatic carbocycles. The van der Waals surface area contributed by atoms with E-state index in [-0.39, 0.29) is 5.41 Å². The van der Waals surface area contributed by atoms with E-state index in [4.69, 9.17) is 0 Å². The van der Waals surface area contributed by atoms with Gasteiger partial charge < -0.3 is 10.2 Å². The molecule has 2 amide bonds.